The first-order chi connectivity index (χ1) is 15.4. The van der Waals surface area contributed by atoms with Gasteiger partial charge in [0, 0.05) is 13.1 Å². The van der Waals surface area contributed by atoms with Gasteiger partial charge in [-0.15, -0.1) is 0 Å². The minimum Gasteiger partial charge on any atom is -0.481 e. The minimum absolute atomic E-state index is 0.0963. The van der Waals surface area contributed by atoms with E-state index in [1.54, 1.807) is 13.8 Å². The zero-order chi connectivity index (χ0) is 22.7. The summed E-state index contributed by atoms with van der Waals surface area (Å²) >= 11 is 0. The van der Waals surface area contributed by atoms with Crippen molar-refractivity contribution in [2.24, 2.45) is 0 Å². The third kappa shape index (κ3) is 4.43. The Morgan fingerprint density at radius 1 is 1.09 bits per heavy atom. The van der Waals surface area contributed by atoms with Crippen LogP contribution < -0.4 is 0 Å². The second-order valence-electron chi connectivity index (χ2n) is 9.26. The molecule has 1 aromatic heterocycles. The normalized spacial score (nSPS) is 17.7. The topological polar surface area (TPSA) is 78.6 Å². The van der Waals surface area contributed by atoms with E-state index in [0.29, 0.717) is 6.54 Å². The number of para-hydroxylation sites is 2. The molecule has 3 aromatic rings. The highest BCUT2D eigenvalue weighted by molar-refractivity contribution is 5.80. The van der Waals surface area contributed by atoms with Gasteiger partial charge in [0.2, 0.25) is 0 Å². The smallest absolute Gasteiger partial charge is 0.313 e. The van der Waals surface area contributed by atoms with Crippen LogP contribution in [0.25, 0.3) is 11.0 Å². The van der Waals surface area contributed by atoms with Crippen LogP contribution in [0, 0.1) is 0 Å². The molecule has 1 unspecified atom stereocenters. The molecule has 1 fully saturated rings. The van der Waals surface area contributed by atoms with Gasteiger partial charge in [0.1, 0.15) is 5.82 Å². The largest absolute Gasteiger partial charge is 0.481 e. The summed E-state index contributed by atoms with van der Waals surface area (Å²) in [4.78, 5) is 19.0. The average Bonchev–Trinajstić information content (AvgIpc) is 3.17. The van der Waals surface area contributed by atoms with Crippen LogP contribution in [0.2, 0.25) is 0 Å². The summed E-state index contributed by atoms with van der Waals surface area (Å²) in [6.07, 6.45) is 4.34. The summed E-state index contributed by atoms with van der Waals surface area (Å²) in [5.74, 6) is 0.241. The summed E-state index contributed by atoms with van der Waals surface area (Å²) in [5.41, 5.74) is 3.21. The predicted molar refractivity (Wildman–Crippen MR) is 126 cm³/mol. The predicted octanol–water partition coefficient (Wildman–Crippen LogP) is 4.16. The Morgan fingerprint density at radius 3 is 2.56 bits per heavy atom. The minimum atomic E-state index is -0.887. The number of nitrogens with zero attached hydrogens (tertiary/aromatic N) is 3. The number of aliphatic hydroxyl groups is 1. The summed E-state index contributed by atoms with van der Waals surface area (Å²) in [6.45, 7) is 6.09. The number of carbonyl (C=O) groups is 1. The number of aromatic nitrogens is 2. The quantitative estimate of drug-likeness (QED) is 0.555. The highest BCUT2D eigenvalue weighted by atomic mass is 16.4. The number of imidazole rings is 1. The van der Waals surface area contributed by atoms with Crippen molar-refractivity contribution in [1.29, 1.82) is 0 Å². The molecule has 2 aromatic carbocycles. The fraction of sp³-hybridized carbons (Fsp3) is 0.462. The number of aliphatic carboxylic acids is 1. The van der Waals surface area contributed by atoms with Crippen molar-refractivity contribution in [2.75, 3.05) is 19.7 Å². The molecule has 6 nitrogen and oxygen atoms in total. The van der Waals surface area contributed by atoms with Gasteiger partial charge in [0.05, 0.1) is 29.1 Å². The van der Waals surface area contributed by atoms with Crippen molar-refractivity contribution in [2.45, 2.75) is 57.5 Å². The highest BCUT2D eigenvalue weighted by Crippen LogP contribution is 2.33. The second kappa shape index (κ2) is 9.43. The van der Waals surface area contributed by atoms with Crippen molar-refractivity contribution in [3.63, 3.8) is 0 Å². The number of carboxylic acid groups (broad SMARTS) is 1. The molecule has 0 spiro atoms. The molecular weight excluding hydrogens is 402 g/mol. The lowest BCUT2D eigenvalue weighted by Crippen LogP contribution is -2.36. The Kier molecular flexibility index (Phi) is 6.63. The fourth-order valence-electron chi connectivity index (χ4n) is 4.72. The van der Waals surface area contributed by atoms with E-state index in [-0.39, 0.29) is 12.6 Å². The number of benzene rings is 2. The van der Waals surface area contributed by atoms with Gasteiger partial charge in [-0.25, -0.2) is 4.98 Å². The molecule has 0 bridgehead atoms. The average molecular weight is 436 g/mol. The third-order valence-corrected chi connectivity index (χ3v) is 6.82. The van der Waals surface area contributed by atoms with Gasteiger partial charge in [-0.05, 0) is 62.9 Å². The first kappa shape index (κ1) is 22.5. The monoisotopic (exact) mass is 435 g/mol. The molecule has 0 radical (unpaired) electrons. The third-order valence-electron chi connectivity index (χ3n) is 6.82. The maximum atomic E-state index is 11.5. The van der Waals surface area contributed by atoms with Crippen molar-refractivity contribution < 1.29 is 15.0 Å². The molecule has 0 aliphatic carbocycles. The van der Waals surface area contributed by atoms with E-state index in [9.17, 15) is 15.0 Å². The van der Waals surface area contributed by atoms with E-state index in [4.69, 9.17) is 4.98 Å². The van der Waals surface area contributed by atoms with E-state index in [1.165, 1.54) is 18.4 Å². The van der Waals surface area contributed by atoms with E-state index in [1.807, 2.05) is 30.3 Å². The first-order valence-electron chi connectivity index (χ1n) is 11.5. The number of fused-ring (bicyclic) bond motifs is 1. The molecule has 2 N–H and O–H groups in total. The number of hydrogen-bond acceptors (Lipinski definition) is 4. The lowest BCUT2D eigenvalue weighted by Gasteiger charge is -2.35. The van der Waals surface area contributed by atoms with Crippen LogP contribution in [0.4, 0.5) is 0 Å². The van der Waals surface area contributed by atoms with E-state index < -0.39 is 11.4 Å². The highest BCUT2D eigenvalue weighted by Gasteiger charge is 2.30. The number of rotatable bonds is 8. The number of hydrogen-bond donors (Lipinski definition) is 2. The summed E-state index contributed by atoms with van der Waals surface area (Å²) in [7, 11) is 0. The number of likely N-dealkylation sites (tertiary alicyclic amines) is 1. The molecule has 170 valence electrons. The van der Waals surface area contributed by atoms with Crippen molar-refractivity contribution in [3.05, 3.63) is 65.5 Å². The fourth-order valence-corrected chi connectivity index (χ4v) is 4.72. The maximum absolute atomic E-state index is 11.5. The molecule has 1 saturated heterocycles. The van der Waals surface area contributed by atoms with Crippen molar-refractivity contribution >= 4 is 17.0 Å². The Hall–Kier alpha value is -2.70. The Morgan fingerprint density at radius 2 is 1.84 bits per heavy atom. The van der Waals surface area contributed by atoms with Crippen LogP contribution in [0.15, 0.2) is 48.5 Å². The molecular formula is C26H33N3O3. The van der Waals surface area contributed by atoms with Crippen LogP contribution in [0.1, 0.15) is 56.1 Å². The Balaban J connectivity index is 1.52. The molecule has 0 amide bonds. The Bertz CT molecular complexity index is 1070. The summed E-state index contributed by atoms with van der Waals surface area (Å²) < 4.78 is 2.18. The summed E-state index contributed by atoms with van der Waals surface area (Å²) in [5, 5.41) is 19.1. The molecule has 1 atom stereocenters. The van der Waals surface area contributed by atoms with Crippen molar-refractivity contribution in [1.82, 2.24) is 14.5 Å². The van der Waals surface area contributed by atoms with Crippen LogP contribution in [0.3, 0.4) is 0 Å². The Labute approximate surface area is 189 Å². The van der Waals surface area contributed by atoms with E-state index in [2.05, 4.69) is 27.7 Å². The maximum Gasteiger partial charge on any atom is 0.313 e. The number of aliphatic hydroxyl groups excluding tert-OH is 1. The molecule has 0 saturated carbocycles. The zero-order valence-corrected chi connectivity index (χ0v) is 19.0. The van der Waals surface area contributed by atoms with Crippen LogP contribution >= 0.6 is 0 Å². The SMILES string of the molecule is CC(C)(C(=O)O)c1ccc(CCN2CCCCC2c2nc3ccccc3n2CCO)cc1. The molecule has 32 heavy (non-hydrogen) atoms. The van der Waals surface area contributed by atoms with Crippen LogP contribution in [0.5, 0.6) is 0 Å². The van der Waals surface area contributed by atoms with Gasteiger partial charge in [0.25, 0.3) is 0 Å². The molecule has 1 aliphatic heterocycles. The van der Waals surface area contributed by atoms with Gasteiger partial charge in [-0.3, -0.25) is 9.69 Å². The van der Waals surface area contributed by atoms with Gasteiger partial charge < -0.3 is 14.8 Å². The molecule has 4 rings (SSSR count). The lowest BCUT2D eigenvalue weighted by molar-refractivity contribution is -0.142. The first-order valence-corrected chi connectivity index (χ1v) is 11.5. The van der Waals surface area contributed by atoms with Gasteiger partial charge in [-0.1, -0.05) is 42.8 Å². The van der Waals surface area contributed by atoms with Gasteiger partial charge >= 0.3 is 5.97 Å². The van der Waals surface area contributed by atoms with Gasteiger partial charge in [0.15, 0.2) is 0 Å². The zero-order valence-electron chi connectivity index (χ0n) is 19.0. The number of carboxylic acids is 1. The van der Waals surface area contributed by atoms with Crippen molar-refractivity contribution in [3.8, 4) is 0 Å². The molecule has 6 heteroatoms. The molecule has 2 heterocycles. The number of piperidine rings is 1. The second-order valence-corrected chi connectivity index (χ2v) is 9.26. The van der Waals surface area contributed by atoms with E-state index in [0.717, 1.165) is 48.4 Å². The standard InChI is InChI=1S/C26H33N3O3/c1-26(2,25(31)32)20-12-10-19(11-13-20)14-16-28-15-6-5-9-23(28)24-27-21-7-3-4-8-22(21)29(24)17-18-30/h3-4,7-8,10-13,23,30H,5-6,9,14-18H2,1-2H3,(H,31,32). The van der Waals surface area contributed by atoms with Crippen LogP contribution in [-0.2, 0) is 23.2 Å². The lowest BCUT2D eigenvalue weighted by atomic mass is 9.84. The van der Waals surface area contributed by atoms with Gasteiger partial charge in [-0.2, -0.15) is 0 Å². The molecule has 1 aliphatic rings. The van der Waals surface area contributed by atoms with E-state index >= 15 is 0 Å². The summed E-state index contributed by atoms with van der Waals surface area (Å²) in [6, 6.07) is 16.4. The van der Waals surface area contributed by atoms with Crippen LogP contribution in [-0.4, -0.2) is 50.3 Å².